The molecule has 21 heavy (non-hydrogen) atoms. The van der Waals surface area contributed by atoms with Gasteiger partial charge in [-0.3, -0.25) is 0 Å². The van der Waals surface area contributed by atoms with Crippen LogP contribution < -0.4 is 10.1 Å². The Kier molecular flexibility index (Phi) is 5.83. The highest BCUT2D eigenvalue weighted by atomic mass is 32.1. The first-order chi connectivity index (χ1) is 10.1. The highest BCUT2D eigenvalue weighted by molar-refractivity contribution is 7.10. The molecule has 1 heterocycles. The Hall–Kier alpha value is -1.32. The molecule has 3 heteroatoms. The van der Waals surface area contributed by atoms with E-state index in [1.807, 2.05) is 0 Å². The number of ether oxygens (including phenoxy) is 1. The van der Waals surface area contributed by atoms with Crippen LogP contribution in [0.25, 0.3) is 0 Å². The molecule has 114 valence electrons. The van der Waals surface area contributed by atoms with E-state index in [0.717, 1.165) is 18.7 Å². The Morgan fingerprint density at radius 3 is 2.43 bits per heavy atom. The minimum absolute atomic E-state index is 0.247. The predicted octanol–water partition coefficient (Wildman–Crippen LogP) is 4.65. The van der Waals surface area contributed by atoms with E-state index in [9.17, 15) is 0 Å². The van der Waals surface area contributed by atoms with Gasteiger partial charge in [0.25, 0.3) is 0 Å². The van der Waals surface area contributed by atoms with Gasteiger partial charge >= 0.3 is 0 Å². The normalized spacial score (nSPS) is 12.6. The van der Waals surface area contributed by atoms with Crippen LogP contribution in [-0.4, -0.2) is 13.7 Å². The van der Waals surface area contributed by atoms with Crippen molar-refractivity contribution in [2.45, 2.75) is 33.2 Å². The Morgan fingerprint density at radius 1 is 1.19 bits per heavy atom. The summed E-state index contributed by atoms with van der Waals surface area (Å²) in [6.45, 7) is 7.60. The first kappa shape index (κ1) is 16.1. The van der Waals surface area contributed by atoms with Gasteiger partial charge in [0.15, 0.2) is 0 Å². The van der Waals surface area contributed by atoms with E-state index < -0.39 is 0 Å². The molecule has 0 aliphatic carbocycles. The van der Waals surface area contributed by atoms with Gasteiger partial charge in [0.2, 0.25) is 0 Å². The summed E-state index contributed by atoms with van der Waals surface area (Å²) in [4.78, 5) is 1.30. The number of nitrogens with one attached hydrogen (secondary N) is 1. The molecule has 1 atom stereocenters. The van der Waals surface area contributed by atoms with Crippen molar-refractivity contribution in [1.29, 1.82) is 0 Å². The molecular formula is C18H25NOS. The van der Waals surface area contributed by atoms with Crippen LogP contribution in [0.2, 0.25) is 0 Å². The second kappa shape index (κ2) is 7.62. The van der Waals surface area contributed by atoms with E-state index in [0.29, 0.717) is 5.92 Å². The smallest absolute Gasteiger partial charge is 0.129 e. The van der Waals surface area contributed by atoms with Crippen molar-refractivity contribution in [1.82, 2.24) is 5.32 Å². The molecule has 0 spiro atoms. The Bertz CT molecular complexity index is 545. The summed E-state index contributed by atoms with van der Waals surface area (Å²) in [5.41, 5.74) is 2.72. The molecule has 2 aromatic rings. The van der Waals surface area contributed by atoms with Crippen LogP contribution in [0.4, 0.5) is 0 Å². The van der Waals surface area contributed by atoms with E-state index in [1.165, 1.54) is 16.0 Å². The lowest BCUT2D eigenvalue weighted by Gasteiger charge is -2.17. The monoisotopic (exact) mass is 303 g/mol. The van der Waals surface area contributed by atoms with Gasteiger partial charge in [0.05, 0.1) is 13.2 Å². The quantitative estimate of drug-likeness (QED) is 0.803. The minimum Gasteiger partial charge on any atom is -0.496 e. The molecule has 0 radical (unpaired) electrons. The van der Waals surface area contributed by atoms with Crippen LogP contribution >= 0.6 is 11.3 Å². The maximum Gasteiger partial charge on any atom is 0.129 e. The fourth-order valence-corrected chi connectivity index (χ4v) is 3.45. The van der Waals surface area contributed by atoms with Crippen molar-refractivity contribution in [3.05, 3.63) is 51.7 Å². The summed E-state index contributed by atoms with van der Waals surface area (Å²) in [5, 5.41) is 5.63. The van der Waals surface area contributed by atoms with Gasteiger partial charge in [-0.1, -0.05) is 45.0 Å². The number of methoxy groups -OCH3 is 1. The van der Waals surface area contributed by atoms with Gasteiger partial charge in [-0.05, 0) is 36.1 Å². The average molecular weight is 303 g/mol. The van der Waals surface area contributed by atoms with Gasteiger partial charge in [0, 0.05) is 10.3 Å². The van der Waals surface area contributed by atoms with E-state index in [-0.39, 0.29) is 6.04 Å². The Morgan fingerprint density at radius 2 is 1.90 bits per heavy atom. The lowest BCUT2D eigenvalue weighted by Crippen LogP contribution is -2.21. The summed E-state index contributed by atoms with van der Waals surface area (Å²) < 4.78 is 5.30. The Balaban J connectivity index is 2.21. The lowest BCUT2D eigenvalue weighted by atomic mass is 9.99. The SMILES string of the molecule is CCNC(c1ccc(CC(C)C)cc1)c1cc(OC)cs1. The van der Waals surface area contributed by atoms with E-state index in [2.05, 4.69) is 61.8 Å². The van der Waals surface area contributed by atoms with Crippen molar-refractivity contribution >= 4 is 11.3 Å². The molecule has 0 bridgehead atoms. The third-order valence-electron chi connectivity index (χ3n) is 3.48. The largest absolute Gasteiger partial charge is 0.496 e. The zero-order valence-corrected chi connectivity index (χ0v) is 14.2. The molecule has 0 amide bonds. The maximum absolute atomic E-state index is 5.30. The molecule has 0 aliphatic rings. The zero-order valence-electron chi connectivity index (χ0n) is 13.3. The van der Waals surface area contributed by atoms with Gasteiger partial charge in [-0.25, -0.2) is 0 Å². The summed E-state index contributed by atoms with van der Waals surface area (Å²) in [5.74, 6) is 1.64. The van der Waals surface area contributed by atoms with E-state index in [4.69, 9.17) is 4.74 Å². The maximum atomic E-state index is 5.30. The molecule has 2 nitrogen and oxygen atoms in total. The van der Waals surface area contributed by atoms with Crippen molar-refractivity contribution in [3.63, 3.8) is 0 Å². The van der Waals surface area contributed by atoms with Crippen LogP contribution in [0.1, 0.15) is 42.8 Å². The number of benzene rings is 1. The lowest BCUT2D eigenvalue weighted by molar-refractivity contribution is 0.416. The number of hydrogen-bond acceptors (Lipinski definition) is 3. The van der Waals surface area contributed by atoms with Gasteiger partial charge in [0.1, 0.15) is 5.75 Å². The molecule has 0 saturated heterocycles. The second-order valence-electron chi connectivity index (χ2n) is 5.72. The van der Waals surface area contributed by atoms with Gasteiger partial charge in [-0.2, -0.15) is 0 Å². The summed E-state index contributed by atoms with van der Waals surface area (Å²) in [7, 11) is 1.72. The third kappa shape index (κ3) is 4.32. The van der Waals surface area contributed by atoms with Gasteiger partial charge in [-0.15, -0.1) is 11.3 Å². The first-order valence-corrected chi connectivity index (χ1v) is 8.46. The number of rotatable bonds is 7. The molecule has 1 aromatic heterocycles. The Labute approximate surface area is 132 Å². The van der Waals surface area contributed by atoms with E-state index in [1.54, 1.807) is 18.4 Å². The molecular weight excluding hydrogens is 278 g/mol. The first-order valence-electron chi connectivity index (χ1n) is 7.58. The fraction of sp³-hybridized carbons (Fsp3) is 0.444. The van der Waals surface area contributed by atoms with Crippen molar-refractivity contribution in [3.8, 4) is 5.75 Å². The number of thiophene rings is 1. The van der Waals surface area contributed by atoms with Crippen molar-refractivity contribution in [2.75, 3.05) is 13.7 Å². The highest BCUT2D eigenvalue weighted by Crippen LogP contribution is 2.31. The number of hydrogen-bond donors (Lipinski definition) is 1. The summed E-state index contributed by atoms with van der Waals surface area (Å²) in [6, 6.07) is 11.4. The standard InChI is InChI=1S/C18H25NOS/c1-5-19-18(17-11-16(20-4)12-21-17)15-8-6-14(7-9-15)10-13(2)3/h6-9,11-13,18-19H,5,10H2,1-4H3. The minimum atomic E-state index is 0.247. The van der Waals surface area contributed by atoms with Crippen LogP contribution in [0.5, 0.6) is 5.75 Å². The van der Waals surface area contributed by atoms with Gasteiger partial charge < -0.3 is 10.1 Å². The average Bonchev–Trinajstić information content (AvgIpc) is 2.94. The topological polar surface area (TPSA) is 21.3 Å². The zero-order chi connectivity index (χ0) is 15.2. The van der Waals surface area contributed by atoms with Crippen LogP contribution in [0.15, 0.2) is 35.7 Å². The van der Waals surface area contributed by atoms with Crippen molar-refractivity contribution < 1.29 is 4.74 Å². The molecule has 1 N–H and O–H groups in total. The van der Waals surface area contributed by atoms with Crippen LogP contribution in [-0.2, 0) is 6.42 Å². The van der Waals surface area contributed by atoms with Crippen LogP contribution in [0.3, 0.4) is 0 Å². The molecule has 0 saturated carbocycles. The molecule has 1 aromatic carbocycles. The second-order valence-corrected chi connectivity index (χ2v) is 6.66. The summed E-state index contributed by atoms with van der Waals surface area (Å²) in [6.07, 6.45) is 1.14. The molecule has 1 unspecified atom stereocenters. The highest BCUT2D eigenvalue weighted by Gasteiger charge is 2.15. The van der Waals surface area contributed by atoms with Crippen LogP contribution in [0, 0.1) is 5.92 Å². The predicted molar refractivity (Wildman–Crippen MR) is 91.4 cm³/mol. The van der Waals surface area contributed by atoms with E-state index >= 15 is 0 Å². The molecule has 0 aliphatic heterocycles. The third-order valence-corrected chi connectivity index (χ3v) is 4.46. The van der Waals surface area contributed by atoms with Crippen molar-refractivity contribution in [2.24, 2.45) is 5.92 Å². The summed E-state index contributed by atoms with van der Waals surface area (Å²) >= 11 is 1.74. The fourth-order valence-electron chi connectivity index (χ4n) is 2.50. The molecule has 2 rings (SSSR count). The molecule has 0 fully saturated rings.